The van der Waals surface area contributed by atoms with Gasteiger partial charge in [0, 0.05) is 12.7 Å². The van der Waals surface area contributed by atoms with Crippen molar-refractivity contribution in [2.75, 3.05) is 16.7 Å². The van der Waals surface area contributed by atoms with Crippen LogP contribution in [0.5, 0.6) is 0 Å². The first kappa shape index (κ1) is 19.6. The van der Waals surface area contributed by atoms with E-state index < -0.39 is 21.7 Å². The van der Waals surface area contributed by atoms with Gasteiger partial charge < -0.3 is 5.32 Å². The Balaban J connectivity index is 1.93. The van der Waals surface area contributed by atoms with Gasteiger partial charge >= 0.3 is 0 Å². The van der Waals surface area contributed by atoms with Gasteiger partial charge in [0.15, 0.2) is 0 Å². The largest absolute Gasteiger partial charge is 0.322 e. The topological polar surface area (TPSA) is 66.5 Å². The number of sulfonamides is 1. The van der Waals surface area contributed by atoms with Gasteiger partial charge in [0.1, 0.15) is 5.82 Å². The number of hydrogen-bond donors (Lipinski definition) is 1. The minimum atomic E-state index is -3.84. The summed E-state index contributed by atoms with van der Waals surface area (Å²) in [6, 6.07) is 18.2. The summed E-state index contributed by atoms with van der Waals surface area (Å²) in [6.45, 7) is 1.87. The van der Waals surface area contributed by atoms with Crippen LogP contribution in [0.3, 0.4) is 0 Å². The normalized spacial score (nSPS) is 11.1. The van der Waals surface area contributed by atoms with Crippen molar-refractivity contribution in [3.63, 3.8) is 0 Å². The molecule has 3 aromatic carbocycles. The van der Waals surface area contributed by atoms with E-state index in [-0.39, 0.29) is 16.1 Å². The number of para-hydroxylation sites is 1. The Hall–Kier alpha value is -3.19. The number of amides is 1. The van der Waals surface area contributed by atoms with Crippen LogP contribution in [0.2, 0.25) is 0 Å². The Kier molecular flexibility index (Phi) is 5.46. The predicted octanol–water partition coefficient (Wildman–Crippen LogP) is 4.21. The Morgan fingerprint density at radius 2 is 1.54 bits per heavy atom. The zero-order valence-corrected chi connectivity index (χ0v) is 16.2. The highest BCUT2D eigenvalue weighted by atomic mass is 32.2. The molecule has 7 heteroatoms. The number of nitrogens with one attached hydrogen (secondary N) is 1. The van der Waals surface area contributed by atoms with E-state index in [0.717, 1.165) is 9.87 Å². The van der Waals surface area contributed by atoms with Crippen LogP contribution in [0.4, 0.5) is 15.8 Å². The second-order valence-electron chi connectivity index (χ2n) is 6.26. The lowest BCUT2D eigenvalue weighted by molar-refractivity contribution is 0.102. The lowest BCUT2D eigenvalue weighted by atomic mass is 10.1. The number of anilines is 2. The van der Waals surface area contributed by atoms with E-state index in [1.807, 2.05) is 6.92 Å². The average Bonchev–Trinajstić information content (AvgIpc) is 2.69. The Morgan fingerprint density at radius 1 is 0.929 bits per heavy atom. The van der Waals surface area contributed by atoms with Crippen LogP contribution in [-0.2, 0) is 10.0 Å². The molecule has 0 fully saturated rings. The number of nitrogens with zero attached hydrogens (tertiary/aromatic N) is 1. The third kappa shape index (κ3) is 4.04. The Bertz CT molecular complexity index is 1100. The second-order valence-corrected chi connectivity index (χ2v) is 8.23. The van der Waals surface area contributed by atoms with E-state index in [4.69, 9.17) is 0 Å². The van der Waals surface area contributed by atoms with Crippen molar-refractivity contribution < 1.29 is 17.6 Å². The standard InChI is InChI=1S/C21H19FN2O3S/c1-15-7-13-18(14-8-15)28(26,27)24(2)20-6-4-3-5-19(20)21(25)23-17-11-9-16(22)10-12-17/h3-14H,1-2H3,(H,23,25). The second kappa shape index (κ2) is 7.82. The quantitative estimate of drug-likeness (QED) is 0.700. The zero-order chi connectivity index (χ0) is 20.3. The average molecular weight is 398 g/mol. The molecular weight excluding hydrogens is 379 g/mol. The number of benzene rings is 3. The molecule has 28 heavy (non-hydrogen) atoms. The fraction of sp³-hybridized carbons (Fsp3) is 0.0952. The number of rotatable bonds is 5. The fourth-order valence-corrected chi connectivity index (χ4v) is 3.88. The molecule has 0 aliphatic heterocycles. The third-order valence-corrected chi connectivity index (χ3v) is 6.06. The van der Waals surface area contributed by atoms with E-state index in [1.165, 1.54) is 49.5 Å². The predicted molar refractivity (Wildman–Crippen MR) is 108 cm³/mol. The molecule has 0 saturated heterocycles. The molecule has 1 N–H and O–H groups in total. The number of carbonyl (C=O) groups is 1. The third-order valence-electron chi connectivity index (χ3n) is 4.27. The molecule has 1 amide bonds. The van der Waals surface area contributed by atoms with Gasteiger partial charge in [-0.1, -0.05) is 29.8 Å². The molecule has 3 aromatic rings. The molecule has 5 nitrogen and oxygen atoms in total. The first-order chi connectivity index (χ1) is 13.3. The molecule has 144 valence electrons. The van der Waals surface area contributed by atoms with Crippen LogP contribution in [0.15, 0.2) is 77.7 Å². The summed E-state index contributed by atoms with van der Waals surface area (Å²) < 4.78 is 40.1. The molecule has 0 aliphatic carbocycles. The molecule has 0 spiro atoms. The molecule has 0 unspecified atom stereocenters. The number of halogens is 1. The molecule has 0 aliphatic rings. The van der Waals surface area contributed by atoms with Gasteiger partial charge in [-0.3, -0.25) is 9.10 Å². The summed E-state index contributed by atoms with van der Waals surface area (Å²) in [5.41, 5.74) is 1.78. The lowest BCUT2D eigenvalue weighted by Crippen LogP contribution is -2.29. The maximum atomic E-state index is 13.0. The van der Waals surface area contributed by atoms with Crippen LogP contribution in [0.25, 0.3) is 0 Å². The van der Waals surface area contributed by atoms with Crippen molar-refractivity contribution in [2.45, 2.75) is 11.8 Å². The summed E-state index contributed by atoms with van der Waals surface area (Å²) in [4.78, 5) is 12.8. The lowest BCUT2D eigenvalue weighted by Gasteiger charge is -2.22. The van der Waals surface area contributed by atoms with Gasteiger partial charge in [0.2, 0.25) is 0 Å². The van der Waals surface area contributed by atoms with Gasteiger partial charge in [-0.05, 0) is 55.5 Å². The summed E-state index contributed by atoms with van der Waals surface area (Å²) in [7, 11) is -2.44. The molecule has 0 atom stereocenters. The summed E-state index contributed by atoms with van der Waals surface area (Å²) >= 11 is 0. The van der Waals surface area contributed by atoms with Crippen LogP contribution in [0, 0.1) is 12.7 Å². The maximum absolute atomic E-state index is 13.0. The van der Waals surface area contributed by atoms with Gasteiger partial charge in [0.25, 0.3) is 15.9 Å². The van der Waals surface area contributed by atoms with Crippen molar-refractivity contribution in [1.29, 1.82) is 0 Å². The Morgan fingerprint density at radius 3 is 2.18 bits per heavy atom. The van der Waals surface area contributed by atoms with E-state index in [9.17, 15) is 17.6 Å². The summed E-state index contributed by atoms with van der Waals surface area (Å²) in [5, 5.41) is 2.65. The van der Waals surface area contributed by atoms with Crippen LogP contribution < -0.4 is 9.62 Å². The van der Waals surface area contributed by atoms with Gasteiger partial charge in [-0.25, -0.2) is 12.8 Å². The summed E-state index contributed by atoms with van der Waals surface area (Å²) in [6.07, 6.45) is 0. The Labute approximate surface area is 163 Å². The highest BCUT2D eigenvalue weighted by Crippen LogP contribution is 2.26. The SMILES string of the molecule is Cc1ccc(S(=O)(=O)N(C)c2ccccc2C(=O)Nc2ccc(F)cc2)cc1. The van der Waals surface area contributed by atoms with Crippen molar-refractivity contribution in [3.05, 3.63) is 89.7 Å². The first-order valence-electron chi connectivity index (χ1n) is 8.50. The minimum absolute atomic E-state index is 0.134. The smallest absolute Gasteiger partial charge is 0.264 e. The van der Waals surface area contributed by atoms with Crippen molar-refractivity contribution in [1.82, 2.24) is 0 Å². The van der Waals surface area contributed by atoms with E-state index in [0.29, 0.717) is 5.69 Å². The molecule has 0 saturated carbocycles. The minimum Gasteiger partial charge on any atom is -0.322 e. The first-order valence-corrected chi connectivity index (χ1v) is 9.94. The zero-order valence-electron chi connectivity index (χ0n) is 15.4. The van der Waals surface area contributed by atoms with Crippen LogP contribution >= 0.6 is 0 Å². The molecule has 0 radical (unpaired) electrons. The van der Waals surface area contributed by atoms with Gasteiger partial charge in [0.05, 0.1) is 16.1 Å². The number of carbonyl (C=O) groups excluding carboxylic acids is 1. The highest BCUT2D eigenvalue weighted by Gasteiger charge is 2.25. The highest BCUT2D eigenvalue weighted by molar-refractivity contribution is 7.92. The molecule has 3 rings (SSSR count). The van der Waals surface area contributed by atoms with Crippen LogP contribution in [-0.4, -0.2) is 21.4 Å². The van der Waals surface area contributed by atoms with Crippen molar-refractivity contribution in [3.8, 4) is 0 Å². The van der Waals surface area contributed by atoms with Crippen molar-refractivity contribution >= 4 is 27.3 Å². The molecular formula is C21H19FN2O3S. The molecule has 0 heterocycles. The molecule has 0 bridgehead atoms. The monoisotopic (exact) mass is 398 g/mol. The number of hydrogen-bond acceptors (Lipinski definition) is 3. The van der Waals surface area contributed by atoms with Crippen LogP contribution in [0.1, 0.15) is 15.9 Å². The van der Waals surface area contributed by atoms with E-state index in [1.54, 1.807) is 30.3 Å². The van der Waals surface area contributed by atoms with Crippen molar-refractivity contribution in [2.24, 2.45) is 0 Å². The van der Waals surface area contributed by atoms with E-state index in [2.05, 4.69) is 5.32 Å². The van der Waals surface area contributed by atoms with Gasteiger partial charge in [-0.2, -0.15) is 0 Å². The number of aryl methyl sites for hydroxylation is 1. The maximum Gasteiger partial charge on any atom is 0.264 e. The van der Waals surface area contributed by atoms with Gasteiger partial charge in [-0.15, -0.1) is 0 Å². The van der Waals surface area contributed by atoms with E-state index >= 15 is 0 Å². The summed E-state index contributed by atoms with van der Waals surface area (Å²) in [5.74, 6) is -0.907. The fourth-order valence-electron chi connectivity index (χ4n) is 2.67. The molecule has 0 aromatic heterocycles.